The maximum absolute atomic E-state index is 2.53. The molecule has 0 heteroatoms. The number of hydrogen-bond donors (Lipinski definition) is 0. The van der Waals surface area contributed by atoms with Crippen LogP contribution in [0.25, 0.3) is 0 Å². The summed E-state index contributed by atoms with van der Waals surface area (Å²) in [6, 6.07) is 0. The van der Waals surface area contributed by atoms with Crippen molar-refractivity contribution < 1.29 is 0 Å². The van der Waals surface area contributed by atoms with Gasteiger partial charge >= 0.3 is 0 Å². The first-order valence-electron chi connectivity index (χ1n) is 7.50. The zero-order chi connectivity index (χ0) is 11.8. The van der Waals surface area contributed by atoms with Crippen molar-refractivity contribution in [1.82, 2.24) is 0 Å². The minimum Gasteiger partial charge on any atom is -0.0617 e. The molecule has 0 radical (unpaired) electrons. The van der Waals surface area contributed by atoms with Crippen molar-refractivity contribution in [1.29, 1.82) is 0 Å². The Morgan fingerprint density at radius 3 is 1.75 bits per heavy atom. The van der Waals surface area contributed by atoms with Gasteiger partial charge in [0.15, 0.2) is 0 Å². The fourth-order valence-corrected chi connectivity index (χ4v) is 3.78. The van der Waals surface area contributed by atoms with E-state index < -0.39 is 0 Å². The van der Waals surface area contributed by atoms with Crippen LogP contribution in [-0.2, 0) is 0 Å². The predicted octanol–water partition coefficient (Wildman–Crippen LogP) is 5.28. The maximum Gasteiger partial charge on any atom is -0.0327 e. The third-order valence-electron chi connectivity index (χ3n) is 5.30. The van der Waals surface area contributed by atoms with Gasteiger partial charge in [-0.25, -0.2) is 0 Å². The molecule has 2 rings (SSSR count). The van der Waals surface area contributed by atoms with E-state index in [9.17, 15) is 0 Å². The van der Waals surface area contributed by atoms with E-state index in [-0.39, 0.29) is 0 Å². The fraction of sp³-hybridized carbons (Fsp3) is 1.00. The third-order valence-corrected chi connectivity index (χ3v) is 5.30. The quantitative estimate of drug-likeness (QED) is 0.610. The minimum atomic E-state index is 0.505. The Bertz CT molecular complexity index is 213. The average Bonchev–Trinajstić information content (AvgIpc) is 3.02. The molecule has 94 valence electrons. The predicted molar refractivity (Wildman–Crippen MR) is 71.4 cm³/mol. The van der Waals surface area contributed by atoms with Crippen molar-refractivity contribution in [3.8, 4) is 0 Å². The molecule has 0 spiro atoms. The van der Waals surface area contributed by atoms with Gasteiger partial charge in [0.2, 0.25) is 0 Å². The molecule has 0 amide bonds. The Balaban J connectivity index is 2.03. The first-order chi connectivity index (χ1) is 7.50. The van der Waals surface area contributed by atoms with Crippen LogP contribution in [0.15, 0.2) is 0 Å². The Morgan fingerprint density at radius 1 is 0.812 bits per heavy atom. The molecule has 2 aliphatic rings. The van der Waals surface area contributed by atoms with Crippen LogP contribution in [-0.4, -0.2) is 0 Å². The van der Waals surface area contributed by atoms with Gasteiger partial charge in [-0.3, -0.25) is 0 Å². The van der Waals surface area contributed by atoms with Crippen LogP contribution in [0.5, 0.6) is 0 Å². The second-order valence-electron chi connectivity index (χ2n) is 7.47. The standard InChI is InChI=1S/C16H30/c1-12(16(2,3)4)15(14-10-11-14)13-8-6-5-7-9-13/h12-15H,5-11H2,1-4H3. The van der Waals surface area contributed by atoms with Gasteiger partial charge in [-0.2, -0.15) is 0 Å². The SMILES string of the molecule is CC(C(C1CCCCC1)C1CC1)C(C)(C)C. The summed E-state index contributed by atoms with van der Waals surface area (Å²) in [5.41, 5.74) is 0.505. The maximum atomic E-state index is 2.53. The lowest BCUT2D eigenvalue weighted by Gasteiger charge is -2.41. The van der Waals surface area contributed by atoms with E-state index in [0.29, 0.717) is 5.41 Å². The van der Waals surface area contributed by atoms with Gasteiger partial charge in [0.05, 0.1) is 0 Å². The first kappa shape index (κ1) is 12.5. The van der Waals surface area contributed by atoms with Crippen LogP contribution in [0.1, 0.15) is 72.6 Å². The summed E-state index contributed by atoms with van der Waals surface area (Å²) in [6.07, 6.45) is 10.6. The molecule has 2 unspecified atom stereocenters. The monoisotopic (exact) mass is 222 g/mol. The molecule has 2 fully saturated rings. The first-order valence-corrected chi connectivity index (χ1v) is 7.50. The molecule has 16 heavy (non-hydrogen) atoms. The summed E-state index contributed by atoms with van der Waals surface area (Å²) in [4.78, 5) is 0. The molecule has 2 atom stereocenters. The summed E-state index contributed by atoms with van der Waals surface area (Å²) >= 11 is 0. The Hall–Kier alpha value is 0. The second kappa shape index (κ2) is 4.70. The summed E-state index contributed by atoms with van der Waals surface area (Å²) in [5.74, 6) is 4.11. The Kier molecular flexibility index (Phi) is 3.66. The van der Waals surface area contributed by atoms with E-state index in [2.05, 4.69) is 27.7 Å². The van der Waals surface area contributed by atoms with Gasteiger partial charge in [0.25, 0.3) is 0 Å². The van der Waals surface area contributed by atoms with Crippen LogP contribution >= 0.6 is 0 Å². The Morgan fingerprint density at radius 2 is 1.31 bits per heavy atom. The number of hydrogen-bond acceptors (Lipinski definition) is 0. The van der Waals surface area contributed by atoms with Crippen molar-refractivity contribution >= 4 is 0 Å². The van der Waals surface area contributed by atoms with Crippen molar-refractivity contribution in [3.05, 3.63) is 0 Å². The fourth-order valence-electron chi connectivity index (χ4n) is 3.78. The van der Waals surface area contributed by atoms with Crippen LogP contribution in [0.4, 0.5) is 0 Å². The zero-order valence-corrected chi connectivity index (χ0v) is 11.8. The molecular formula is C16H30. The number of rotatable bonds is 3. The third kappa shape index (κ3) is 2.81. The van der Waals surface area contributed by atoms with Crippen molar-refractivity contribution in [3.63, 3.8) is 0 Å². The van der Waals surface area contributed by atoms with Gasteiger partial charge in [-0.05, 0) is 41.9 Å². The highest BCUT2D eigenvalue weighted by Crippen LogP contribution is 2.51. The van der Waals surface area contributed by atoms with E-state index in [1.807, 2.05) is 0 Å². The molecule has 0 bridgehead atoms. The summed E-state index contributed by atoms with van der Waals surface area (Å²) in [6.45, 7) is 9.85. The molecule has 0 aliphatic heterocycles. The zero-order valence-electron chi connectivity index (χ0n) is 11.8. The summed E-state index contributed by atoms with van der Waals surface area (Å²) in [7, 11) is 0. The molecule has 0 N–H and O–H groups in total. The largest absolute Gasteiger partial charge is 0.0617 e. The lowest BCUT2D eigenvalue weighted by Crippen LogP contribution is -2.33. The van der Waals surface area contributed by atoms with E-state index >= 15 is 0 Å². The normalized spacial score (nSPS) is 27.8. The van der Waals surface area contributed by atoms with Gasteiger partial charge in [-0.1, -0.05) is 59.8 Å². The van der Waals surface area contributed by atoms with Crippen LogP contribution in [0, 0.1) is 29.1 Å². The van der Waals surface area contributed by atoms with Crippen molar-refractivity contribution in [2.75, 3.05) is 0 Å². The van der Waals surface area contributed by atoms with Gasteiger partial charge < -0.3 is 0 Å². The highest BCUT2D eigenvalue weighted by molar-refractivity contribution is 4.92. The van der Waals surface area contributed by atoms with Crippen LogP contribution in [0.2, 0.25) is 0 Å². The highest BCUT2D eigenvalue weighted by atomic mass is 14.5. The second-order valence-corrected chi connectivity index (χ2v) is 7.47. The lowest BCUT2D eigenvalue weighted by atomic mass is 9.65. The van der Waals surface area contributed by atoms with E-state index in [1.165, 1.54) is 44.9 Å². The molecule has 2 saturated carbocycles. The molecule has 2 aliphatic carbocycles. The molecular weight excluding hydrogens is 192 g/mol. The minimum absolute atomic E-state index is 0.505. The van der Waals surface area contributed by atoms with Gasteiger partial charge in [-0.15, -0.1) is 0 Å². The van der Waals surface area contributed by atoms with Gasteiger partial charge in [0.1, 0.15) is 0 Å². The molecule has 0 nitrogen and oxygen atoms in total. The van der Waals surface area contributed by atoms with E-state index in [1.54, 1.807) is 0 Å². The van der Waals surface area contributed by atoms with Gasteiger partial charge in [0, 0.05) is 0 Å². The molecule has 0 saturated heterocycles. The van der Waals surface area contributed by atoms with Crippen molar-refractivity contribution in [2.24, 2.45) is 29.1 Å². The lowest BCUT2D eigenvalue weighted by molar-refractivity contribution is 0.0860. The molecule has 0 aromatic rings. The highest BCUT2D eigenvalue weighted by Gasteiger charge is 2.42. The van der Waals surface area contributed by atoms with E-state index in [4.69, 9.17) is 0 Å². The summed E-state index contributed by atoms with van der Waals surface area (Å²) in [5, 5.41) is 0. The average molecular weight is 222 g/mol. The Labute approximate surface area is 102 Å². The smallest absolute Gasteiger partial charge is 0.0327 e. The molecule has 0 aromatic heterocycles. The molecule has 0 aromatic carbocycles. The van der Waals surface area contributed by atoms with E-state index in [0.717, 1.165) is 23.7 Å². The topological polar surface area (TPSA) is 0 Å². The summed E-state index contributed by atoms with van der Waals surface area (Å²) < 4.78 is 0. The van der Waals surface area contributed by atoms with Crippen LogP contribution < -0.4 is 0 Å². The van der Waals surface area contributed by atoms with Crippen LogP contribution in [0.3, 0.4) is 0 Å². The molecule has 0 heterocycles. The van der Waals surface area contributed by atoms with Crippen molar-refractivity contribution in [2.45, 2.75) is 72.6 Å².